The Bertz CT molecular complexity index is 1210. The number of carbonyl (C=O) groups is 2. The van der Waals surface area contributed by atoms with Gasteiger partial charge in [-0.05, 0) is 61.2 Å². The summed E-state index contributed by atoms with van der Waals surface area (Å²) in [5, 5.41) is 24.8. The number of carboxylic acid groups (broad SMARTS) is 1. The molecule has 0 aliphatic heterocycles. The lowest BCUT2D eigenvalue weighted by Crippen LogP contribution is -2.37. The largest absolute Gasteiger partial charge is 0.481 e. The Labute approximate surface area is 202 Å². The summed E-state index contributed by atoms with van der Waals surface area (Å²) < 4.78 is 19.4. The molecule has 4 N–H and O–H groups in total. The Morgan fingerprint density at radius 3 is 2.60 bits per heavy atom. The lowest BCUT2D eigenvalue weighted by atomic mass is 9.95. The maximum atomic E-state index is 13.9. The van der Waals surface area contributed by atoms with E-state index in [9.17, 15) is 19.1 Å². The minimum atomic E-state index is -1.22. The quantitative estimate of drug-likeness (QED) is 0.342. The van der Waals surface area contributed by atoms with Gasteiger partial charge in [0.1, 0.15) is 0 Å². The number of hydrogen-bond donors (Lipinski definition) is 4. The highest BCUT2D eigenvalue weighted by atomic mass is 19.1. The summed E-state index contributed by atoms with van der Waals surface area (Å²) in [6, 6.07) is 13.3. The second kappa shape index (κ2) is 11.2. The second-order valence-corrected chi connectivity index (χ2v) is 8.92. The number of amides is 1. The van der Waals surface area contributed by atoms with E-state index in [1.165, 1.54) is 12.3 Å². The molecule has 184 valence electrons. The number of aliphatic hydroxyl groups excluding tert-OH is 1. The number of benzene rings is 2. The van der Waals surface area contributed by atoms with Crippen molar-refractivity contribution in [3.8, 4) is 11.1 Å². The molecule has 1 aromatic heterocycles. The van der Waals surface area contributed by atoms with E-state index in [2.05, 4.69) is 15.6 Å². The molecule has 0 spiro atoms. The number of rotatable bonds is 9. The molecule has 1 heterocycles. The van der Waals surface area contributed by atoms with E-state index in [-0.39, 0.29) is 24.2 Å². The van der Waals surface area contributed by atoms with Crippen molar-refractivity contribution in [3.05, 3.63) is 83.4 Å². The maximum absolute atomic E-state index is 13.9. The van der Waals surface area contributed by atoms with Crippen LogP contribution >= 0.6 is 0 Å². The van der Waals surface area contributed by atoms with Crippen molar-refractivity contribution in [2.75, 3.05) is 5.32 Å². The van der Waals surface area contributed by atoms with E-state index in [1.807, 2.05) is 20.8 Å². The first-order chi connectivity index (χ1) is 16.5. The van der Waals surface area contributed by atoms with Crippen LogP contribution in [0.5, 0.6) is 0 Å². The minimum absolute atomic E-state index is 0.00296. The molecule has 0 saturated heterocycles. The zero-order chi connectivity index (χ0) is 25.6. The molecule has 2 aromatic carbocycles. The van der Waals surface area contributed by atoms with Crippen LogP contribution in [0, 0.1) is 5.82 Å². The zero-order valence-electron chi connectivity index (χ0n) is 19.7. The molecule has 8 nitrogen and oxygen atoms in total. The highest BCUT2D eigenvalue weighted by Crippen LogP contribution is 2.27. The van der Waals surface area contributed by atoms with E-state index in [0.29, 0.717) is 16.7 Å². The summed E-state index contributed by atoms with van der Waals surface area (Å²) in [7, 11) is 0. The molecule has 0 aliphatic carbocycles. The van der Waals surface area contributed by atoms with Gasteiger partial charge in [-0.2, -0.15) is 0 Å². The number of anilines is 1. The molecule has 0 saturated carbocycles. The number of halogens is 1. The van der Waals surface area contributed by atoms with Crippen LogP contribution in [-0.2, 0) is 22.5 Å². The Kier molecular flexibility index (Phi) is 8.29. The van der Waals surface area contributed by atoms with Crippen molar-refractivity contribution in [1.29, 1.82) is 0 Å². The van der Waals surface area contributed by atoms with Gasteiger partial charge in [-0.25, -0.2) is 4.39 Å². The van der Waals surface area contributed by atoms with Crippen molar-refractivity contribution >= 4 is 17.6 Å². The number of ether oxygens (including phenoxy) is 1. The van der Waals surface area contributed by atoms with E-state index in [0.717, 1.165) is 11.8 Å². The number of carbonyl (C=O) groups excluding carboxylic acids is 1. The SMILES string of the molecule is CC(C)(C)OC(O)NCc1ccc(C(=O)Nc2ccncc2F)cc1-c1cccc(CC(=O)O)c1. The Balaban J connectivity index is 1.93. The fourth-order valence-electron chi connectivity index (χ4n) is 3.41. The smallest absolute Gasteiger partial charge is 0.307 e. The molecule has 0 bridgehead atoms. The van der Waals surface area contributed by atoms with Crippen molar-refractivity contribution in [2.24, 2.45) is 0 Å². The molecule has 0 radical (unpaired) electrons. The summed E-state index contributed by atoms with van der Waals surface area (Å²) in [5.41, 5.74) is 2.38. The number of nitrogens with zero attached hydrogens (tertiary/aromatic N) is 1. The third-order valence-electron chi connectivity index (χ3n) is 4.92. The van der Waals surface area contributed by atoms with E-state index in [1.54, 1.807) is 42.5 Å². The van der Waals surface area contributed by atoms with Crippen molar-refractivity contribution in [3.63, 3.8) is 0 Å². The molecule has 1 unspecified atom stereocenters. The minimum Gasteiger partial charge on any atom is -0.481 e. The highest BCUT2D eigenvalue weighted by molar-refractivity contribution is 6.05. The van der Waals surface area contributed by atoms with Crippen LogP contribution in [-0.4, -0.2) is 39.1 Å². The molecule has 0 fully saturated rings. The first-order valence-electron chi connectivity index (χ1n) is 11.0. The van der Waals surface area contributed by atoms with E-state index < -0.39 is 29.7 Å². The van der Waals surface area contributed by atoms with Crippen LogP contribution in [0.1, 0.15) is 42.3 Å². The fourth-order valence-corrected chi connectivity index (χ4v) is 3.41. The standard InChI is InChI=1S/C26H28FN3O5/c1-26(2,3)35-25(34)29-14-19-8-7-18(24(33)30-22-9-10-28-15-21(22)27)13-20(19)17-6-4-5-16(11-17)12-23(31)32/h4-11,13,15,25,29,34H,12,14H2,1-3H3,(H,31,32)(H,28,30,33). The predicted octanol–water partition coefficient (Wildman–Crippen LogP) is 3.95. The number of carboxylic acids is 1. The Hall–Kier alpha value is -3.66. The van der Waals surface area contributed by atoms with Gasteiger partial charge < -0.3 is 20.3 Å². The van der Waals surface area contributed by atoms with Gasteiger partial charge in [-0.1, -0.05) is 30.3 Å². The van der Waals surface area contributed by atoms with E-state index >= 15 is 0 Å². The first kappa shape index (κ1) is 26.0. The average molecular weight is 482 g/mol. The Morgan fingerprint density at radius 2 is 1.91 bits per heavy atom. The molecule has 1 atom stereocenters. The van der Waals surface area contributed by atoms with Crippen LogP contribution < -0.4 is 10.6 Å². The third-order valence-corrected chi connectivity index (χ3v) is 4.92. The van der Waals surface area contributed by atoms with Crippen LogP contribution in [0.15, 0.2) is 60.9 Å². The number of aliphatic carboxylic acids is 1. The number of aromatic nitrogens is 1. The van der Waals surface area contributed by atoms with Crippen molar-refractivity contribution in [1.82, 2.24) is 10.3 Å². The third kappa shape index (κ3) is 7.68. The molecule has 3 rings (SSSR count). The zero-order valence-corrected chi connectivity index (χ0v) is 19.7. The topological polar surface area (TPSA) is 121 Å². The molecular formula is C26H28FN3O5. The number of hydrogen-bond acceptors (Lipinski definition) is 6. The molecule has 35 heavy (non-hydrogen) atoms. The van der Waals surface area contributed by atoms with Crippen molar-refractivity contribution in [2.45, 2.75) is 45.8 Å². The van der Waals surface area contributed by atoms with Crippen LogP contribution in [0.25, 0.3) is 11.1 Å². The first-order valence-corrected chi connectivity index (χ1v) is 11.0. The number of nitrogens with one attached hydrogen (secondary N) is 2. The number of pyridine rings is 1. The maximum Gasteiger partial charge on any atom is 0.307 e. The normalized spacial score (nSPS) is 12.3. The van der Waals surface area contributed by atoms with Gasteiger partial charge in [0.25, 0.3) is 5.91 Å². The van der Waals surface area contributed by atoms with E-state index in [4.69, 9.17) is 9.84 Å². The molecule has 1 amide bonds. The van der Waals surface area contributed by atoms with Crippen LogP contribution in [0.2, 0.25) is 0 Å². The average Bonchev–Trinajstić information content (AvgIpc) is 2.77. The van der Waals surface area contributed by atoms with Gasteiger partial charge in [0.15, 0.2) is 5.82 Å². The summed E-state index contributed by atoms with van der Waals surface area (Å²) >= 11 is 0. The monoisotopic (exact) mass is 481 g/mol. The summed E-state index contributed by atoms with van der Waals surface area (Å²) in [5.74, 6) is -2.14. The summed E-state index contributed by atoms with van der Waals surface area (Å²) in [6.45, 7) is 5.65. The molecule has 3 aromatic rings. The summed E-state index contributed by atoms with van der Waals surface area (Å²) in [4.78, 5) is 27.7. The van der Waals surface area contributed by atoms with Gasteiger partial charge >= 0.3 is 5.97 Å². The molecular weight excluding hydrogens is 453 g/mol. The predicted molar refractivity (Wildman–Crippen MR) is 129 cm³/mol. The lowest BCUT2D eigenvalue weighted by Gasteiger charge is -2.25. The van der Waals surface area contributed by atoms with Gasteiger partial charge in [0, 0.05) is 18.3 Å². The van der Waals surface area contributed by atoms with Crippen molar-refractivity contribution < 1.29 is 28.9 Å². The molecule has 0 aliphatic rings. The fraction of sp³-hybridized carbons (Fsp3) is 0.269. The second-order valence-electron chi connectivity index (χ2n) is 8.92. The number of aliphatic hydroxyl groups is 1. The van der Waals surface area contributed by atoms with Gasteiger partial charge in [0.2, 0.25) is 6.41 Å². The Morgan fingerprint density at radius 1 is 1.14 bits per heavy atom. The molecule has 9 heteroatoms. The van der Waals surface area contributed by atoms with Crippen LogP contribution in [0.4, 0.5) is 10.1 Å². The summed E-state index contributed by atoms with van der Waals surface area (Å²) in [6.07, 6.45) is 1.01. The lowest BCUT2D eigenvalue weighted by molar-refractivity contribution is -0.182. The van der Waals surface area contributed by atoms with Crippen LogP contribution in [0.3, 0.4) is 0 Å². The van der Waals surface area contributed by atoms with Gasteiger partial charge in [-0.15, -0.1) is 0 Å². The van der Waals surface area contributed by atoms with Gasteiger partial charge in [-0.3, -0.25) is 19.9 Å². The highest BCUT2D eigenvalue weighted by Gasteiger charge is 2.18. The van der Waals surface area contributed by atoms with Gasteiger partial charge in [0.05, 0.1) is 23.9 Å².